The molecular weight excluding hydrogens is 570 g/mol. The molecule has 0 aliphatic heterocycles. The third-order valence-electron chi connectivity index (χ3n) is 6.15. The van der Waals surface area contributed by atoms with Gasteiger partial charge in [-0.25, -0.2) is 22.8 Å². The number of ether oxygens (including phenoxy) is 1. The van der Waals surface area contributed by atoms with Gasteiger partial charge in [-0.05, 0) is 42.0 Å². The maximum atomic E-state index is 13.5. The van der Waals surface area contributed by atoms with E-state index in [1.165, 1.54) is 43.4 Å². The van der Waals surface area contributed by atoms with Crippen molar-refractivity contribution in [1.82, 2.24) is 19.9 Å². The van der Waals surface area contributed by atoms with Gasteiger partial charge in [-0.1, -0.05) is 13.0 Å². The Balaban J connectivity index is 1.76. The van der Waals surface area contributed by atoms with Crippen LogP contribution < -0.4 is 20.3 Å². The molecule has 0 aliphatic carbocycles. The van der Waals surface area contributed by atoms with Gasteiger partial charge in [0.15, 0.2) is 0 Å². The van der Waals surface area contributed by atoms with Crippen LogP contribution in [-0.2, 0) is 27.5 Å². The Bertz CT molecular complexity index is 1810. The molecule has 4 aromatic rings. The second-order valence-electron chi connectivity index (χ2n) is 8.97. The Morgan fingerprint density at radius 3 is 2.49 bits per heavy atom. The number of anilines is 1. The average molecular weight is 594 g/mol. The van der Waals surface area contributed by atoms with Gasteiger partial charge in [0.05, 0.1) is 40.7 Å². The highest BCUT2D eigenvalue weighted by Crippen LogP contribution is 2.37. The molecule has 1 atom stereocenters. The Labute approximate surface area is 231 Å². The molecule has 2 aromatic carbocycles. The van der Waals surface area contributed by atoms with Crippen molar-refractivity contribution in [2.24, 2.45) is 5.92 Å². The van der Waals surface area contributed by atoms with Crippen LogP contribution in [0.3, 0.4) is 0 Å². The van der Waals surface area contributed by atoms with Crippen LogP contribution >= 0.6 is 0 Å². The van der Waals surface area contributed by atoms with E-state index in [-0.39, 0.29) is 41.0 Å². The number of nitrogens with one attached hydrogen (secondary N) is 2. The first kappa shape index (κ1) is 29.5. The van der Waals surface area contributed by atoms with Crippen molar-refractivity contribution in [3.63, 3.8) is 0 Å². The summed E-state index contributed by atoms with van der Waals surface area (Å²) in [6, 6.07) is 7.11. The molecule has 0 saturated carbocycles. The molecule has 0 fully saturated rings. The molecule has 10 nitrogen and oxygen atoms in total. The number of hydrogen-bond acceptors (Lipinski definition) is 7. The van der Waals surface area contributed by atoms with E-state index in [0.717, 1.165) is 0 Å². The number of amides is 1. The zero-order valence-electron chi connectivity index (χ0n) is 21.8. The molecule has 2 N–H and O–H groups in total. The SMILES string of the molecule is CNC(=O)[C@H](C)Cn1cnc2ccc(-c3cnc(OC)c(NS(=O)(=O)c4ccc(F)cc4C(F)(F)F)c3)cc2c1=O. The molecule has 15 heteroatoms. The largest absolute Gasteiger partial charge is 0.480 e. The maximum absolute atomic E-state index is 13.5. The van der Waals surface area contributed by atoms with Crippen molar-refractivity contribution in [2.75, 3.05) is 18.9 Å². The standard InChI is InChI=1S/C26H23F4N5O5S/c1-14(23(36)31-2)12-35-13-33-20-6-4-15(8-18(20)25(35)37)16-9-21(24(40-3)32-11-16)34-41(38,39)22-7-5-17(27)10-19(22)26(28,29)30/h4-11,13-14,34H,12H2,1-3H3,(H,31,36)/t14-/m1/s1. The molecule has 41 heavy (non-hydrogen) atoms. The summed E-state index contributed by atoms with van der Waals surface area (Å²) < 4.78 is 88.5. The predicted molar refractivity (Wildman–Crippen MR) is 141 cm³/mol. The quantitative estimate of drug-likeness (QED) is 0.297. The number of aromatic nitrogens is 3. The summed E-state index contributed by atoms with van der Waals surface area (Å²) in [6.07, 6.45) is -2.50. The van der Waals surface area contributed by atoms with Crippen LogP contribution in [0.15, 0.2) is 64.7 Å². The molecule has 0 bridgehead atoms. The highest BCUT2D eigenvalue weighted by molar-refractivity contribution is 7.92. The van der Waals surface area contributed by atoms with Gasteiger partial charge in [0.2, 0.25) is 11.8 Å². The lowest BCUT2D eigenvalue weighted by atomic mass is 10.0. The van der Waals surface area contributed by atoms with Crippen molar-refractivity contribution in [1.29, 1.82) is 0 Å². The lowest BCUT2D eigenvalue weighted by Crippen LogP contribution is -2.32. The van der Waals surface area contributed by atoms with Crippen LogP contribution in [0.1, 0.15) is 12.5 Å². The van der Waals surface area contributed by atoms with Gasteiger partial charge in [0.25, 0.3) is 15.6 Å². The number of halogens is 4. The average Bonchev–Trinajstić information content (AvgIpc) is 2.93. The van der Waals surface area contributed by atoms with E-state index in [1.807, 2.05) is 4.72 Å². The van der Waals surface area contributed by atoms with Gasteiger partial charge in [-0.3, -0.25) is 18.9 Å². The molecule has 0 aliphatic rings. The van der Waals surface area contributed by atoms with Crippen LogP contribution in [0.2, 0.25) is 0 Å². The maximum Gasteiger partial charge on any atom is 0.417 e. The van der Waals surface area contributed by atoms with Crippen LogP contribution in [-0.4, -0.2) is 43.0 Å². The summed E-state index contributed by atoms with van der Waals surface area (Å²) in [6.45, 7) is 1.73. The summed E-state index contributed by atoms with van der Waals surface area (Å²) in [5, 5.41) is 2.72. The summed E-state index contributed by atoms with van der Waals surface area (Å²) in [7, 11) is -2.23. The van der Waals surface area contributed by atoms with E-state index in [1.54, 1.807) is 19.1 Å². The Morgan fingerprint density at radius 2 is 1.83 bits per heavy atom. The lowest BCUT2D eigenvalue weighted by Gasteiger charge is -2.16. The van der Waals surface area contributed by atoms with Crippen molar-refractivity contribution in [2.45, 2.75) is 24.5 Å². The smallest absolute Gasteiger partial charge is 0.417 e. The number of benzene rings is 2. The summed E-state index contributed by atoms with van der Waals surface area (Å²) in [5.41, 5.74) is -1.36. The number of hydrogen-bond donors (Lipinski definition) is 2. The van der Waals surface area contributed by atoms with E-state index in [2.05, 4.69) is 15.3 Å². The number of nitrogens with zero attached hydrogens (tertiary/aromatic N) is 3. The Kier molecular flexibility index (Phi) is 8.01. The summed E-state index contributed by atoms with van der Waals surface area (Å²) >= 11 is 0. The van der Waals surface area contributed by atoms with Crippen molar-refractivity contribution < 1.29 is 35.5 Å². The number of alkyl halides is 3. The minimum atomic E-state index is -5.15. The van der Waals surface area contributed by atoms with Crippen molar-refractivity contribution in [3.05, 3.63) is 76.7 Å². The minimum absolute atomic E-state index is 0.0744. The first-order valence-electron chi connectivity index (χ1n) is 11.9. The number of methoxy groups -OCH3 is 1. The normalized spacial score (nSPS) is 12.7. The molecule has 1 amide bonds. The third-order valence-corrected chi connectivity index (χ3v) is 7.57. The fourth-order valence-corrected chi connectivity index (χ4v) is 5.35. The number of carbonyl (C=O) groups excluding carboxylic acids is 1. The second kappa shape index (κ2) is 11.2. The van der Waals surface area contributed by atoms with E-state index in [0.29, 0.717) is 23.2 Å². The van der Waals surface area contributed by atoms with E-state index >= 15 is 0 Å². The zero-order valence-corrected chi connectivity index (χ0v) is 22.6. The Hall–Kier alpha value is -4.53. The van der Waals surface area contributed by atoms with Gasteiger partial charge in [-0.2, -0.15) is 13.2 Å². The van der Waals surface area contributed by atoms with E-state index in [4.69, 9.17) is 4.74 Å². The highest BCUT2D eigenvalue weighted by atomic mass is 32.2. The molecule has 0 saturated heterocycles. The zero-order chi connectivity index (χ0) is 30.1. The molecule has 0 radical (unpaired) electrons. The number of carbonyl (C=O) groups is 1. The Morgan fingerprint density at radius 1 is 1.10 bits per heavy atom. The molecule has 0 unspecified atom stereocenters. The molecule has 2 aromatic heterocycles. The van der Waals surface area contributed by atoms with Crippen LogP contribution in [0.4, 0.5) is 23.2 Å². The van der Waals surface area contributed by atoms with Gasteiger partial charge >= 0.3 is 6.18 Å². The molecule has 0 spiro atoms. The highest BCUT2D eigenvalue weighted by Gasteiger charge is 2.38. The number of sulfonamides is 1. The van der Waals surface area contributed by atoms with Crippen molar-refractivity contribution >= 4 is 32.5 Å². The molecular formula is C26H23F4N5O5S. The topological polar surface area (TPSA) is 132 Å². The number of fused-ring (bicyclic) bond motifs is 1. The summed E-state index contributed by atoms with van der Waals surface area (Å²) in [4.78, 5) is 32.2. The molecule has 4 rings (SSSR count). The first-order chi connectivity index (χ1) is 19.2. The van der Waals surface area contributed by atoms with Gasteiger partial charge in [-0.15, -0.1) is 0 Å². The molecule has 2 heterocycles. The third kappa shape index (κ3) is 6.14. The van der Waals surface area contributed by atoms with E-state index in [9.17, 15) is 35.6 Å². The fourth-order valence-electron chi connectivity index (χ4n) is 4.10. The summed E-state index contributed by atoms with van der Waals surface area (Å²) in [5.74, 6) is -2.28. The lowest BCUT2D eigenvalue weighted by molar-refractivity contribution is -0.140. The molecule has 216 valence electrons. The first-order valence-corrected chi connectivity index (χ1v) is 13.4. The van der Waals surface area contributed by atoms with Crippen LogP contribution in [0.25, 0.3) is 22.0 Å². The monoisotopic (exact) mass is 593 g/mol. The second-order valence-corrected chi connectivity index (χ2v) is 10.6. The minimum Gasteiger partial charge on any atom is -0.480 e. The predicted octanol–water partition coefficient (Wildman–Crippen LogP) is 3.81. The fraction of sp³-hybridized carbons (Fsp3) is 0.231. The number of pyridine rings is 1. The van der Waals surface area contributed by atoms with Gasteiger partial charge in [0.1, 0.15) is 11.5 Å². The van der Waals surface area contributed by atoms with E-state index < -0.39 is 44.0 Å². The van der Waals surface area contributed by atoms with Gasteiger partial charge in [0, 0.05) is 25.4 Å². The van der Waals surface area contributed by atoms with Crippen LogP contribution in [0, 0.1) is 11.7 Å². The van der Waals surface area contributed by atoms with Gasteiger partial charge < -0.3 is 10.1 Å². The number of rotatable bonds is 8. The van der Waals surface area contributed by atoms with Crippen LogP contribution in [0.5, 0.6) is 5.88 Å². The van der Waals surface area contributed by atoms with Crippen molar-refractivity contribution in [3.8, 4) is 17.0 Å².